The normalized spacial score (nSPS) is 12.6. The summed E-state index contributed by atoms with van der Waals surface area (Å²) in [6, 6.07) is 14.4. The van der Waals surface area contributed by atoms with Crippen LogP contribution in [0.1, 0.15) is 22.9 Å². The Hall–Kier alpha value is -1.78. The highest BCUT2D eigenvalue weighted by Gasteiger charge is 2.18. The maximum atomic E-state index is 14.1. The summed E-state index contributed by atoms with van der Waals surface area (Å²) in [6.07, 6.45) is -1.09. The first-order valence-corrected chi connectivity index (χ1v) is 7.35. The largest absolute Gasteiger partial charge is 0.382 e. The number of halogens is 2. The first-order valence-electron chi connectivity index (χ1n) is 6.56. The van der Waals surface area contributed by atoms with Gasteiger partial charge in [0.25, 0.3) is 0 Å². The van der Waals surface area contributed by atoms with Crippen LogP contribution < -0.4 is 0 Å². The Bertz CT molecular complexity index is 819. The maximum absolute atomic E-state index is 14.1. The predicted octanol–water partition coefficient (Wildman–Crippen LogP) is 4.53. The molecule has 0 aliphatic rings. The molecule has 0 aliphatic carbocycles. The van der Waals surface area contributed by atoms with Crippen LogP contribution >= 0.6 is 15.9 Å². The molecule has 1 unspecified atom stereocenters. The zero-order valence-electron chi connectivity index (χ0n) is 11.3. The molecule has 2 nitrogen and oxygen atoms in total. The van der Waals surface area contributed by atoms with Crippen molar-refractivity contribution in [1.82, 2.24) is 4.98 Å². The second-order valence-electron chi connectivity index (χ2n) is 4.93. The molecule has 0 saturated carbocycles. The van der Waals surface area contributed by atoms with Gasteiger partial charge >= 0.3 is 0 Å². The van der Waals surface area contributed by atoms with Crippen molar-refractivity contribution >= 4 is 26.8 Å². The molecule has 3 aromatic rings. The highest BCUT2D eigenvalue weighted by molar-refractivity contribution is 9.10. The van der Waals surface area contributed by atoms with Crippen molar-refractivity contribution in [2.75, 3.05) is 0 Å². The number of hydrogen-bond donors (Lipinski definition) is 1. The van der Waals surface area contributed by atoms with E-state index in [4.69, 9.17) is 0 Å². The van der Waals surface area contributed by atoms with Gasteiger partial charge in [-0.1, -0.05) is 30.3 Å². The lowest BCUT2D eigenvalue weighted by atomic mass is 10.0. The van der Waals surface area contributed by atoms with Gasteiger partial charge in [0.1, 0.15) is 11.9 Å². The van der Waals surface area contributed by atoms with E-state index in [-0.39, 0.29) is 5.56 Å². The van der Waals surface area contributed by atoms with Crippen LogP contribution in [-0.4, -0.2) is 10.1 Å². The number of aromatic nitrogens is 1. The van der Waals surface area contributed by atoms with E-state index < -0.39 is 11.9 Å². The third-order valence-corrected chi connectivity index (χ3v) is 4.11. The summed E-state index contributed by atoms with van der Waals surface area (Å²) < 4.78 is 14.4. The predicted molar refractivity (Wildman–Crippen MR) is 84.6 cm³/mol. The Labute approximate surface area is 130 Å². The van der Waals surface area contributed by atoms with Gasteiger partial charge in [0.2, 0.25) is 0 Å². The quantitative estimate of drug-likeness (QED) is 0.740. The third-order valence-electron chi connectivity index (χ3n) is 3.50. The van der Waals surface area contributed by atoms with E-state index in [1.54, 1.807) is 24.3 Å². The number of aliphatic hydroxyl groups excluding tert-OH is 1. The van der Waals surface area contributed by atoms with E-state index in [0.29, 0.717) is 10.2 Å². The molecule has 0 saturated heterocycles. The molecule has 0 fully saturated rings. The number of benzene rings is 2. The van der Waals surface area contributed by atoms with Crippen LogP contribution in [0.25, 0.3) is 10.9 Å². The minimum Gasteiger partial charge on any atom is -0.382 e. The molecule has 21 heavy (non-hydrogen) atoms. The second-order valence-corrected chi connectivity index (χ2v) is 5.78. The molecule has 4 heteroatoms. The van der Waals surface area contributed by atoms with Gasteiger partial charge in [-0.05, 0) is 46.6 Å². The van der Waals surface area contributed by atoms with Gasteiger partial charge in [0, 0.05) is 10.9 Å². The van der Waals surface area contributed by atoms with Crippen molar-refractivity contribution in [3.63, 3.8) is 0 Å². The van der Waals surface area contributed by atoms with Gasteiger partial charge in [-0.25, -0.2) is 9.37 Å². The summed E-state index contributed by atoms with van der Waals surface area (Å²) in [6.45, 7) is 1.96. The number of fused-ring (bicyclic) bond motifs is 1. The van der Waals surface area contributed by atoms with Gasteiger partial charge in [-0.3, -0.25) is 0 Å². The Morgan fingerprint density at radius 2 is 1.90 bits per heavy atom. The first-order chi connectivity index (χ1) is 10.1. The Morgan fingerprint density at radius 3 is 2.71 bits per heavy atom. The maximum Gasteiger partial charge on any atom is 0.143 e. The lowest BCUT2D eigenvalue weighted by Gasteiger charge is -2.14. The molecule has 0 radical (unpaired) electrons. The van der Waals surface area contributed by atoms with Gasteiger partial charge in [-0.15, -0.1) is 0 Å². The number of hydrogen-bond acceptors (Lipinski definition) is 2. The fourth-order valence-electron chi connectivity index (χ4n) is 2.41. The van der Waals surface area contributed by atoms with Crippen LogP contribution in [0.15, 0.2) is 53.0 Å². The summed E-state index contributed by atoms with van der Waals surface area (Å²) in [4.78, 5) is 4.45. The average molecular weight is 346 g/mol. The molecule has 0 bridgehead atoms. The van der Waals surface area contributed by atoms with Crippen molar-refractivity contribution in [3.05, 3.63) is 75.6 Å². The summed E-state index contributed by atoms with van der Waals surface area (Å²) in [5, 5.41) is 11.5. The number of pyridine rings is 1. The van der Waals surface area contributed by atoms with Gasteiger partial charge in [0.15, 0.2) is 0 Å². The second kappa shape index (κ2) is 5.54. The van der Waals surface area contributed by atoms with Gasteiger partial charge in [0.05, 0.1) is 15.7 Å². The summed E-state index contributed by atoms with van der Waals surface area (Å²) in [7, 11) is 0. The summed E-state index contributed by atoms with van der Waals surface area (Å²) in [5.41, 5.74) is 2.46. The standard InChI is InChI=1S/C17H13BrFNO/c1-10-9-15(20-14-8-3-2-5-11(10)14)17(21)12-6-4-7-13(18)16(12)19/h2-9,17,21H,1H3. The zero-order chi connectivity index (χ0) is 15.0. The van der Waals surface area contributed by atoms with Crippen LogP contribution in [0.5, 0.6) is 0 Å². The van der Waals surface area contributed by atoms with Gasteiger partial charge in [-0.2, -0.15) is 0 Å². The van der Waals surface area contributed by atoms with Crippen LogP contribution in [0.3, 0.4) is 0 Å². The number of nitrogens with zero attached hydrogens (tertiary/aromatic N) is 1. The number of aryl methyl sites for hydroxylation is 1. The highest BCUT2D eigenvalue weighted by Crippen LogP contribution is 2.29. The molecule has 1 atom stereocenters. The number of rotatable bonds is 2. The topological polar surface area (TPSA) is 33.1 Å². The lowest BCUT2D eigenvalue weighted by Crippen LogP contribution is -2.06. The first kappa shape index (κ1) is 14.2. The zero-order valence-corrected chi connectivity index (χ0v) is 12.9. The van der Waals surface area contributed by atoms with Crippen LogP contribution in [-0.2, 0) is 0 Å². The number of aliphatic hydroxyl groups is 1. The lowest BCUT2D eigenvalue weighted by molar-refractivity contribution is 0.210. The van der Waals surface area contributed by atoms with Crippen LogP contribution in [0.2, 0.25) is 0 Å². The summed E-state index contributed by atoms with van der Waals surface area (Å²) >= 11 is 3.13. The van der Waals surface area contributed by atoms with E-state index in [9.17, 15) is 9.50 Å². The van der Waals surface area contributed by atoms with E-state index in [2.05, 4.69) is 20.9 Å². The molecule has 0 aliphatic heterocycles. The molecule has 0 spiro atoms. The third kappa shape index (κ3) is 2.57. The summed E-state index contributed by atoms with van der Waals surface area (Å²) in [5.74, 6) is -0.461. The van der Waals surface area contributed by atoms with Crippen molar-refractivity contribution in [3.8, 4) is 0 Å². The van der Waals surface area contributed by atoms with Crippen molar-refractivity contribution < 1.29 is 9.50 Å². The SMILES string of the molecule is Cc1cc(C(O)c2cccc(Br)c2F)nc2ccccc12. The van der Waals surface area contributed by atoms with E-state index in [0.717, 1.165) is 16.5 Å². The monoisotopic (exact) mass is 345 g/mol. The average Bonchev–Trinajstić information content (AvgIpc) is 2.49. The Morgan fingerprint density at radius 1 is 1.14 bits per heavy atom. The minimum absolute atomic E-state index is 0.214. The fourth-order valence-corrected chi connectivity index (χ4v) is 2.79. The molecule has 1 aromatic heterocycles. The minimum atomic E-state index is -1.09. The van der Waals surface area contributed by atoms with Crippen molar-refractivity contribution in [2.24, 2.45) is 0 Å². The fraction of sp³-hybridized carbons (Fsp3) is 0.118. The molecular weight excluding hydrogens is 333 g/mol. The van der Waals surface area contributed by atoms with Crippen LogP contribution in [0.4, 0.5) is 4.39 Å². The van der Waals surface area contributed by atoms with Crippen molar-refractivity contribution in [2.45, 2.75) is 13.0 Å². The Kier molecular flexibility index (Phi) is 3.74. The molecule has 2 aromatic carbocycles. The van der Waals surface area contributed by atoms with E-state index in [1.165, 1.54) is 0 Å². The molecule has 106 valence electrons. The number of para-hydroxylation sites is 1. The molecular formula is C17H13BrFNO. The van der Waals surface area contributed by atoms with E-state index in [1.807, 2.05) is 31.2 Å². The molecule has 0 amide bonds. The Balaban J connectivity index is 2.13. The highest BCUT2D eigenvalue weighted by atomic mass is 79.9. The molecule has 1 heterocycles. The molecule has 1 N–H and O–H groups in total. The van der Waals surface area contributed by atoms with Crippen molar-refractivity contribution in [1.29, 1.82) is 0 Å². The smallest absolute Gasteiger partial charge is 0.143 e. The van der Waals surface area contributed by atoms with Gasteiger partial charge < -0.3 is 5.11 Å². The molecule has 3 rings (SSSR count). The van der Waals surface area contributed by atoms with E-state index >= 15 is 0 Å². The van der Waals surface area contributed by atoms with Crippen LogP contribution in [0, 0.1) is 12.7 Å².